The largest absolute Gasteiger partial charge is 0.352 e. The van der Waals surface area contributed by atoms with Crippen LogP contribution >= 0.6 is 0 Å². The fourth-order valence-electron chi connectivity index (χ4n) is 2.36. The maximum atomic E-state index is 13.1. The number of nitrogens with zero attached hydrogens (tertiary/aromatic N) is 2. The number of aryl methyl sites for hydroxylation is 1. The molecular weight excluding hydrogens is 293 g/mol. The molecule has 0 bridgehead atoms. The van der Waals surface area contributed by atoms with Crippen LogP contribution in [0.1, 0.15) is 17.5 Å². The van der Waals surface area contributed by atoms with E-state index in [1.54, 1.807) is 18.5 Å². The van der Waals surface area contributed by atoms with Crippen molar-refractivity contribution in [1.82, 2.24) is 15.3 Å². The molecule has 3 aromatic rings. The van der Waals surface area contributed by atoms with Crippen LogP contribution in [-0.2, 0) is 17.8 Å². The van der Waals surface area contributed by atoms with Gasteiger partial charge in [0.2, 0.25) is 5.91 Å². The minimum atomic E-state index is -0.278. The fourth-order valence-corrected chi connectivity index (χ4v) is 2.36. The number of halogens is 1. The Hall–Kier alpha value is -2.82. The highest BCUT2D eigenvalue weighted by Gasteiger charge is 2.04. The third-order valence-corrected chi connectivity index (χ3v) is 3.55. The Morgan fingerprint density at radius 3 is 2.65 bits per heavy atom. The van der Waals surface area contributed by atoms with Crippen molar-refractivity contribution in [3.05, 3.63) is 71.8 Å². The molecule has 1 heterocycles. The fraction of sp³-hybridized carbons (Fsp3) is 0.167. The predicted octanol–water partition coefficient (Wildman–Crippen LogP) is 3.02. The Balaban J connectivity index is 1.53. The van der Waals surface area contributed by atoms with Gasteiger partial charge < -0.3 is 5.32 Å². The summed E-state index contributed by atoms with van der Waals surface area (Å²) < 4.78 is 13.1. The lowest BCUT2D eigenvalue weighted by Crippen LogP contribution is -2.23. The van der Waals surface area contributed by atoms with Crippen molar-refractivity contribution in [3.8, 4) is 0 Å². The Morgan fingerprint density at radius 2 is 1.83 bits per heavy atom. The van der Waals surface area contributed by atoms with Gasteiger partial charge in [0, 0.05) is 25.4 Å². The zero-order valence-corrected chi connectivity index (χ0v) is 12.5. The number of carbonyl (C=O) groups is 1. The van der Waals surface area contributed by atoms with Gasteiger partial charge in [-0.05, 0) is 41.8 Å². The number of hydrogen-bond donors (Lipinski definition) is 1. The molecule has 0 saturated carbocycles. The lowest BCUT2D eigenvalue weighted by Gasteiger charge is -2.06. The molecule has 0 spiro atoms. The molecule has 5 heteroatoms. The lowest BCUT2D eigenvalue weighted by atomic mass is 10.1. The molecule has 0 aliphatic carbocycles. The molecule has 0 fully saturated rings. The number of aromatic nitrogens is 2. The van der Waals surface area contributed by atoms with Crippen LogP contribution in [0.3, 0.4) is 0 Å². The lowest BCUT2D eigenvalue weighted by molar-refractivity contribution is -0.121. The van der Waals surface area contributed by atoms with Gasteiger partial charge >= 0.3 is 0 Å². The van der Waals surface area contributed by atoms with E-state index in [0.717, 1.165) is 22.2 Å². The summed E-state index contributed by atoms with van der Waals surface area (Å²) >= 11 is 0. The highest BCUT2D eigenvalue weighted by molar-refractivity contribution is 5.77. The number of carbonyl (C=O) groups excluding carboxylic acids is 1. The summed E-state index contributed by atoms with van der Waals surface area (Å²) in [5.41, 5.74) is 3.42. The molecule has 0 saturated heterocycles. The Morgan fingerprint density at radius 1 is 1.00 bits per heavy atom. The number of hydrogen-bond acceptors (Lipinski definition) is 3. The molecule has 1 amide bonds. The number of amides is 1. The first-order valence-corrected chi connectivity index (χ1v) is 7.41. The van der Waals surface area contributed by atoms with E-state index in [1.807, 2.05) is 24.3 Å². The van der Waals surface area contributed by atoms with Crippen LogP contribution in [0, 0.1) is 5.82 Å². The number of benzene rings is 2. The van der Waals surface area contributed by atoms with E-state index < -0.39 is 0 Å². The maximum absolute atomic E-state index is 13.1. The molecule has 0 aliphatic rings. The molecular formula is C18H16FN3O. The molecule has 0 radical (unpaired) electrons. The van der Waals surface area contributed by atoms with E-state index in [4.69, 9.17) is 0 Å². The Kier molecular flexibility index (Phi) is 4.57. The average Bonchev–Trinajstić information content (AvgIpc) is 2.58. The summed E-state index contributed by atoms with van der Waals surface area (Å²) in [4.78, 5) is 20.4. The molecule has 1 aromatic heterocycles. The molecule has 2 aromatic carbocycles. The summed E-state index contributed by atoms with van der Waals surface area (Å²) in [6.45, 7) is 0.439. The minimum absolute atomic E-state index is 0.0616. The zero-order valence-electron chi connectivity index (χ0n) is 12.5. The van der Waals surface area contributed by atoms with Gasteiger partial charge in [0.25, 0.3) is 0 Å². The Bertz CT molecular complexity index is 835. The molecule has 0 atom stereocenters. The summed E-state index contributed by atoms with van der Waals surface area (Å²) in [6, 6.07) is 12.0. The molecule has 1 N–H and O–H groups in total. The van der Waals surface area contributed by atoms with Gasteiger partial charge in [0.05, 0.1) is 11.0 Å². The summed E-state index contributed by atoms with van der Waals surface area (Å²) in [5.74, 6) is -0.339. The van der Waals surface area contributed by atoms with Crippen molar-refractivity contribution in [3.63, 3.8) is 0 Å². The second-order valence-corrected chi connectivity index (χ2v) is 5.29. The first kappa shape index (κ1) is 15.1. The summed E-state index contributed by atoms with van der Waals surface area (Å²) in [6.07, 6.45) is 4.14. The van der Waals surface area contributed by atoms with Gasteiger partial charge in [0.15, 0.2) is 0 Å². The first-order valence-electron chi connectivity index (χ1n) is 7.41. The molecule has 4 nitrogen and oxygen atoms in total. The van der Waals surface area contributed by atoms with Crippen molar-refractivity contribution in [2.75, 3.05) is 0 Å². The van der Waals surface area contributed by atoms with Crippen molar-refractivity contribution >= 4 is 16.9 Å². The van der Waals surface area contributed by atoms with Crippen LogP contribution in [0.5, 0.6) is 0 Å². The van der Waals surface area contributed by atoms with Crippen LogP contribution in [-0.4, -0.2) is 15.9 Å². The highest BCUT2D eigenvalue weighted by atomic mass is 19.1. The predicted molar refractivity (Wildman–Crippen MR) is 86.1 cm³/mol. The van der Waals surface area contributed by atoms with Crippen molar-refractivity contribution < 1.29 is 9.18 Å². The maximum Gasteiger partial charge on any atom is 0.220 e. The van der Waals surface area contributed by atoms with Gasteiger partial charge in [-0.3, -0.25) is 14.8 Å². The van der Waals surface area contributed by atoms with E-state index in [2.05, 4.69) is 15.3 Å². The molecule has 23 heavy (non-hydrogen) atoms. The van der Waals surface area contributed by atoms with E-state index in [9.17, 15) is 9.18 Å². The smallest absolute Gasteiger partial charge is 0.220 e. The van der Waals surface area contributed by atoms with Crippen molar-refractivity contribution in [2.45, 2.75) is 19.4 Å². The van der Waals surface area contributed by atoms with Gasteiger partial charge in [0.1, 0.15) is 5.82 Å². The number of nitrogens with one attached hydrogen (secondary N) is 1. The summed E-state index contributed by atoms with van der Waals surface area (Å²) in [7, 11) is 0. The molecule has 0 aliphatic heterocycles. The van der Waals surface area contributed by atoms with Crippen LogP contribution in [0.4, 0.5) is 4.39 Å². The van der Waals surface area contributed by atoms with Gasteiger partial charge in [-0.2, -0.15) is 0 Å². The van der Waals surface area contributed by atoms with Crippen LogP contribution in [0.15, 0.2) is 54.9 Å². The van der Waals surface area contributed by atoms with Crippen LogP contribution in [0.2, 0.25) is 0 Å². The number of fused-ring (bicyclic) bond motifs is 1. The van der Waals surface area contributed by atoms with E-state index in [0.29, 0.717) is 19.4 Å². The van der Waals surface area contributed by atoms with E-state index >= 15 is 0 Å². The van der Waals surface area contributed by atoms with Gasteiger partial charge in [-0.15, -0.1) is 0 Å². The quantitative estimate of drug-likeness (QED) is 0.788. The number of rotatable bonds is 5. The zero-order chi connectivity index (χ0) is 16.1. The van der Waals surface area contributed by atoms with Gasteiger partial charge in [-0.1, -0.05) is 18.2 Å². The molecule has 0 unspecified atom stereocenters. The summed E-state index contributed by atoms with van der Waals surface area (Å²) in [5, 5.41) is 2.87. The van der Waals surface area contributed by atoms with E-state index in [1.165, 1.54) is 12.1 Å². The van der Waals surface area contributed by atoms with E-state index in [-0.39, 0.29) is 11.7 Å². The SMILES string of the molecule is O=C(CCc1cccc(F)c1)NCc1ccc2nccnc2c1. The standard InChI is InChI=1S/C18H16FN3O/c19-15-3-1-2-13(10-15)5-7-18(23)22-12-14-4-6-16-17(11-14)21-9-8-20-16/h1-4,6,8-11H,5,7,12H2,(H,22,23). The van der Waals surface area contributed by atoms with Crippen LogP contribution < -0.4 is 5.32 Å². The molecule has 3 rings (SSSR count). The second-order valence-electron chi connectivity index (χ2n) is 5.29. The minimum Gasteiger partial charge on any atom is -0.352 e. The third kappa shape index (κ3) is 4.10. The Labute approximate surface area is 133 Å². The van der Waals surface area contributed by atoms with Gasteiger partial charge in [-0.25, -0.2) is 4.39 Å². The average molecular weight is 309 g/mol. The van der Waals surface area contributed by atoms with Crippen LogP contribution in [0.25, 0.3) is 11.0 Å². The monoisotopic (exact) mass is 309 g/mol. The van der Waals surface area contributed by atoms with Crippen molar-refractivity contribution in [2.24, 2.45) is 0 Å². The normalized spacial score (nSPS) is 10.7. The third-order valence-electron chi connectivity index (χ3n) is 3.55. The first-order chi connectivity index (χ1) is 11.2. The second kappa shape index (κ2) is 6.96. The van der Waals surface area contributed by atoms with Crippen molar-refractivity contribution in [1.29, 1.82) is 0 Å². The topological polar surface area (TPSA) is 54.9 Å². The molecule has 116 valence electrons. The highest BCUT2D eigenvalue weighted by Crippen LogP contribution is 2.11.